The summed E-state index contributed by atoms with van der Waals surface area (Å²) in [6.45, 7) is 2.86. The fourth-order valence-corrected chi connectivity index (χ4v) is 6.37. The Bertz CT molecular complexity index is 3040. The molecule has 0 saturated carbocycles. The molecule has 4 aromatic heterocycles. The molecule has 4 heterocycles. The molecular formula is C48H46F24N6P4. The monoisotopic (exact) mass is 1290 g/mol. The maximum absolute atomic E-state index is 10.7. The fourth-order valence-electron chi connectivity index (χ4n) is 6.37. The summed E-state index contributed by atoms with van der Waals surface area (Å²) in [6.07, 6.45) is 16.8. The van der Waals surface area contributed by atoms with Crippen molar-refractivity contribution in [3.63, 3.8) is 0 Å². The Morgan fingerprint density at radius 3 is 0.512 bits per heavy atom. The van der Waals surface area contributed by atoms with Crippen molar-refractivity contribution in [1.82, 2.24) is 0 Å². The zero-order valence-electron chi connectivity index (χ0n) is 42.7. The zero-order chi connectivity index (χ0) is 64.1. The molecule has 0 amide bonds. The van der Waals surface area contributed by atoms with Gasteiger partial charge in [0.15, 0.2) is 49.6 Å². The summed E-state index contributed by atoms with van der Waals surface area (Å²) in [7, 11) is -34.5. The number of nitrogens with zero attached hydrogens (tertiary/aromatic N) is 6. The molecule has 0 aliphatic rings. The normalized spacial score (nSPS) is 14.5. The van der Waals surface area contributed by atoms with Crippen LogP contribution in [0.4, 0.5) is 101 Å². The van der Waals surface area contributed by atoms with E-state index in [0.717, 1.165) is 0 Å². The van der Waals surface area contributed by atoms with Gasteiger partial charge < -0.3 is 0 Å². The standard InChI is InChI=1S/2C22H20N2.2C2H3N.4F6P/c2*1-23-13-9-17(10-14-23)20-7-3-5-19-6-4-8-21(22(19)20)18-11-15-24(2)16-12-18;2*1-2-3;4*1-7(2,3,4,5)6/h2*3-16H,1-2H3;2*1H3;;;;/q2*+2;;;4*-1. The van der Waals surface area contributed by atoms with E-state index in [-0.39, 0.29) is 0 Å². The van der Waals surface area contributed by atoms with Crippen LogP contribution in [0.2, 0.25) is 0 Å². The summed E-state index contributed by atoms with van der Waals surface area (Å²) in [6, 6.07) is 47.1. The van der Waals surface area contributed by atoms with Crippen molar-refractivity contribution in [2.24, 2.45) is 28.2 Å². The summed E-state index contributed by atoms with van der Waals surface area (Å²) in [5, 5.41) is 19.8. The molecule has 82 heavy (non-hydrogen) atoms. The number of pyridine rings is 4. The molecule has 0 atom stereocenters. The topological polar surface area (TPSA) is 63.1 Å². The van der Waals surface area contributed by atoms with Gasteiger partial charge in [0, 0.05) is 62.4 Å². The van der Waals surface area contributed by atoms with Crippen molar-refractivity contribution < 1.29 is 119 Å². The van der Waals surface area contributed by atoms with E-state index >= 15 is 0 Å². The third-order valence-corrected chi connectivity index (χ3v) is 8.97. The van der Waals surface area contributed by atoms with Gasteiger partial charge in [0.2, 0.25) is 0 Å². The average molecular weight is 1290 g/mol. The third-order valence-electron chi connectivity index (χ3n) is 8.97. The van der Waals surface area contributed by atoms with Crippen molar-refractivity contribution in [2.75, 3.05) is 0 Å². The molecule has 0 aliphatic heterocycles. The summed E-state index contributed by atoms with van der Waals surface area (Å²) >= 11 is 0. The van der Waals surface area contributed by atoms with Crippen LogP contribution in [0.25, 0.3) is 66.1 Å². The Morgan fingerprint density at radius 1 is 0.268 bits per heavy atom. The molecule has 0 fully saturated rings. The first-order chi connectivity index (χ1) is 36.1. The van der Waals surface area contributed by atoms with E-state index < -0.39 is 31.2 Å². The van der Waals surface area contributed by atoms with E-state index in [1.54, 1.807) is 12.1 Å². The van der Waals surface area contributed by atoms with Crippen LogP contribution in [0.3, 0.4) is 0 Å². The first kappa shape index (κ1) is 73.0. The molecular weight excluding hydrogens is 1240 g/mol. The number of hydrogen-bond donors (Lipinski definition) is 0. The van der Waals surface area contributed by atoms with Crippen LogP contribution >= 0.6 is 31.2 Å². The predicted octanol–water partition coefficient (Wildman–Crippen LogP) is 22.2. The van der Waals surface area contributed by atoms with Gasteiger partial charge in [0.1, 0.15) is 28.2 Å². The Hall–Kier alpha value is -6.98. The van der Waals surface area contributed by atoms with E-state index in [4.69, 9.17) is 10.5 Å². The summed E-state index contributed by atoms with van der Waals surface area (Å²) in [5.74, 6) is 0. The molecule has 0 saturated heterocycles. The molecule has 0 bridgehead atoms. The Balaban J connectivity index is 0.000000534. The van der Waals surface area contributed by atoms with Gasteiger partial charge in [-0.2, -0.15) is 10.5 Å². The SMILES string of the molecule is CC#N.CC#N.C[n+]1ccc(-c2cccc3cccc(-c4cc[n+](C)cc4)c23)cc1.C[n+]1ccc(-c2cccc3cccc(-c4cc[n+](C)cc4)c23)cc1.F[P-](F)(F)(F)(F)F.F[P-](F)(F)(F)(F)F.F[P-](F)(F)(F)(F)F.F[P-](F)(F)(F)(F)F. The van der Waals surface area contributed by atoms with Gasteiger partial charge in [-0.05, 0) is 66.1 Å². The first-order valence-corrected chi connectivity index (χ1v) is 29.9. The quantitative estimate of drug-likeness (QED) is 0.100. The third kappa shape index (κ3) is 40.2. The van der Waals surface area contributed by atoms with E-state index in [0.29, 0.717) is 0 Å². The molecule has 456 valence electrons. The Labute approximate surface area is 450 Å². The molecule has 0 unspecified atom stereocenters. The van der Waals surface area contributed by atoms with E-state index in [2.05, 4.69) is 189 Å². The Morgan fingerprint density at radius 2 is 0.390 bits per heavy atom. The van der Waals surface area contributed by atoms with E-state index in [1.165, 1.54) is 79.9 Å². The average Bonchev–Trinajstić information content (AvgIpc) is 3.26. The van der Waals surface area contributed by atoms with Crippen LogP contribution in [0.15, 0.2) is 171 Å². The van der Waals surface area contributed by atoms with Crippen LogP contribution < -0.4 is 18.3 Å². The van der Waals surface area contributed by atoms with Gasteiger partial charge in [0.05, 0.1) is 12.1 Å². The fraction of sp³-hybridized carbons (Fsp3) is 0.125. The molecule has 8 rings (SSSR count). The number of benzene rings is 4. The van der Waals surface area contributed by atoms with Crippen molar-refractivity contribution in [2.45, 2.75) is 13.8 Å². The van der Waals surface area contributed by atoms with Crippen LogP contribution in [0.5, 0.6) is 0 Å². The molecule has 34 heteroatoms. The van der Waals surface area contributed by atoms with Crippen molar-refractivity contribution in [3.05, 3.63) is 171 Å². The van der Waals surface area contributed by atoms with Crippen molar-refractivity contribution in [1.29, 1.82) is 10.5 Å². The molecule has 0 spiro atoms. The Kier molecular flexibility index (Phi) is 20.5. The van der Waals surface area contributed by atoms with E-state index in [9.17, 15) is 101 Å². The number of aryl methyl sites for hydroxylation is 4. The van der Waals surface area contributed by atoms with Gasteiger partial charge in [-0.3, -0.25) is 0 Å². The summed E-state index contributed by atoms with van der Waals surface area (Å²) in [4.78, 5) is 0. The molecule has 0 radical (unpaired) electrons. The number of rotatable bonds is 4. The molecule has 4 aromatic carbocycles. The van der Waals surface area contributed by atoms with Crippen LogP contribution in [0, 0.1) is 22.7 Å². The van der Waals surface area contributed by atoms with Gasteiger partial charge in [-0.15, -0.1) is 0 Å². The molecule has 0 N–H and O–H groups in total. The maximum atomic E-state index is 9.87. The number of halogens is 24. The number of nitriles is 2. The van der Waals surface area contributed by atoms with Crippen molar-refractivity contribution >= 4 is 52.8 Å². The van der Waals surface area contributed by atoms with Crippen molar-refractivity contribution in [3.8, 4) is 56.6 Å². The summed E-state index contributed by atoms with van der Waals surface area (Å²) in [5.41, 5.74) is 10.1. The molecule has 6 nitrogen and oxygen atoms in total. The van der Waals surface area contributed by atoms with Crippen LogP contribution in [-0.2, 0) is 28.2 Å². The molecule has 0 aliphatic carbocycles. The van der Waals surface area contributed by atoms with Gasteiger partial charge in [-0.1, -0.05) is 72.8 Å². The number of hydrogen-bond acceptors (Lipinski definition) is 2. The molecule has 8 aromatic rings. The number of aromatic nitrogens is 4. The van der Waals surface area contributed by atoms with Crippen LogP contribution in [0.1, 0.15) is 13.8 Å². The van der Waals surface area contributed by atoms with E-state index in [1.807, 2.05) is 28.2 Å². The minimum atomic E-state index is -10.7. The predicted molar refractivity (Wildman–Crippen MR) is 271 cm³/mol. The van der Waals surface area contributed by atoms with Gasteiger partial charge in [0.25, 0.3) is 0 Å². The van der Waals surface area contributed by atoms with Gasteiger partial charge in [-0.25, -0.2) is 18.3 Å². The second-order valence-electron chi connectivity index (χ2n) is 16.7. The first-order valence-electron chi connectivity index (χ1n) is 21.8. The summed E-state index contributed by atoms with van der Waals surface area (Å²) < 4.78 is 245. The van der Waals surface area contributed by atoms with Crippen LogP contribution in [-0.4, -0.2) is 0 Å². The second kappa shape index (κ2) is 23.0. The zero-order valence-corrected chi connectivity index (χ0v) is 46.3. The second-order valence-corrected chi connectivity index (χ2v) is 24.4. The van der Waals surface area contributed by atoms with Gasteiger partial charge >= 0.3 is 132 Å². The minimum absolute atomic E-state index is 1.24. The number of fused-ring (bicyclic) bond motifs is 2.